The molecule has 0 bridgehead atoms. The van der Waals surface area contributed by atoms with E-state index in [2.05, 4.69) is 33.6 Å². The Morgan fingerprint density at radius 1 is 1.00 bits per heavy atom. The van der Waals surface area contributed by atoms with E-state index in [-0.39, 0.29) is 18.6 Å². The van der Waals surface area contributed by atoms with E-state index in [0.29, 0.717) is 19.4 Å². The highest BCUT2D eigenvalue weighted by atomic mass is 32.1. The average Bonchev–Trinajstić information content (AvgIpc) is 3.28. The summed E-state index contributed by atoms with van der Waals surface area (Å²) in [7, 11) is 0. The maximum Gasteiger partial charge on any atom is 0.326 e. The third-order valence-electron chi connectivity index (χ3n) is 5.93. The summed E-state index contributed by atoms with van der Waals surface area (Å²) in [5.41, 5.74) is 12.7. The number of aliphatic hydroxyl groups is 1. The second-order valence-electron chi connectivity index (χ2n) is 8.82. The normalized spacial score (nSPS) is 15.3. The summed E-state index contributed by atoms with van der Waals surface area (Å²) in [4.78, 5) is 53.2. The summed E-state index contributed by atoms with van der Waals surface area (Å²) in [5.74, 6) is -3.45. The number of unbranched alkanes of at least 4 members (excludes halogenated alkanes) is 1. The minimum absolute atomic E-state index is 0.0289. The van der Waals surface area contributed by atoms with Gasteiger partial charge in [0.05, 0.1) is 6.10 Å². The van der Waals surface area contributed by atoms with E-state index in [0.717, 1.165) is 16.5 Å². The molecule has 37 heavy (non-hydrogen) atoms. The fraction of sp³-hybridized carbons (Fsp3) is 0.500. The number of nitrogens with two attached hydrogens (primary N) is 2. The first-order valence-corrected chi connectivity index (χ1v) is 12.7. The molecule has 5 unspecified atom stereocenters. The van der Waals surface area contributed by atoms with Crippen molar-refractivity contribution in [1.29, 1.82) is 0 Å². The number of aliphatic hydroxyl groups excluding tert-OH is 1. The van der Waals surface area contributed by atoms with Crippen LogP contribution in [0.25, 0.3) is 10.9 Å². The van der Waals surface area contributed by atoms with Gasteiger partial charge in [0.1, 0.15) is 24.2 Å². The summed E-state index contributed by atoms with van der Waals surface area (Å²) >= 11 is 4.09. The summed E-state index contributed by atoms with van der Waals surface area (Å²) in [6.07, 6.45) is 1.89. The van der Waals surface area contributed by atoms with Crippen LogP contribution in [0.1, 0.15) is 31.7 Å². The van der Waals surface area contributed by atoms with E-state index in [1.807, 2.05) is 24.3 Å². The number of hydrogen-bond donors (Lipinski definition) is 9. The monoisotopic (exact) mass is 536 g/mol. The number of thiol groups is 1. The van der Waals surface area contributed by atoms with E-state index >= 15 is 0 Å². The lowest BCUT2D eigenvalue weighted by atomic mass is 10.0. The largest absolute Gasteiger partial charge is 0.480 e. The number of fused-ring (bicyclic) bond motifs is 1. The van der Waals surface area contributed by atoms with Crippen LogP contribution in [0.4, 0.5) is 0 Å². The number of carbonyl (C=O) groups excluding carboxylic acids is 3. The van der Waals surface area contributed by atoms with Crippen molar-refractivity contribution in [3.8, 4) is 0 Å². The summed E-state index contributed by atoms with van der Waals surface area (Å²) in [6.45, 7) is 1.72. The van der Waals surface area contributed by atoms with Gasteiger partial charge in [-0.3, -0.25) is 14.4 Å². The van der Waals surface area contributed by atoms with Crippen LogP contribution in [0.15, 0.2) is 30.5 Å². The predicted octanol–water partition coefficient (Wildman–Crippen LogP) is -0.984. The fourth-order valence-electron chi connectivity index (χ4n) is 3.71. The molecule has 0 spiro atoms. The zero-order valence-corrected chi connectivity index (χ0v) is 21.5. The Morgan fingerprint density at radius 2 is 1.62 bits per heavy atom. The molecule has 0 radical (unpaired) electrons. The second kappa shape index (κ2) is 14.6. The lowest BCUT2D eigenvalue weighted by Gasteiger charge is -2.25. The Kier molecular flexibility index (Phi) is 11.9. The van der Waals surface area contributed by atoms with Crippen LogP contribution >= 0.6 is 12.6 Å². The van der Waals surface area contributed by atoms with Gasteiger partial charge in [0.2, 0.25) is 17.7 Å². The van der Waals surface area contributed by atoms with E-state index in [1.54, 1.807) is 6.20 Å². The Bertz CT molecular complexity index is 1080. The maximum absolute atomic E-state index is 13.1. The van der Waals surface area contributed by atoms with Crippen molar-refractivity contribution in [2.75, 3.05) is 12.3 Å². The van der Waals surface area contributed by atoms with Crippen LogP contribution in [0.2, 0.25) is 0 Å². The minimum Gasteiger partial charge on any atom is -0.480 e. The highest BCUT2D eigenvalue weighted by Crippen LogP contribution is 2.19. The molecule has 0 saturated heterocycles. The molecule has 13 heteroatoms. The van der Waals surface area contributed by atoms with Gasteiger partial charge in [0.15, 0.2) is 0 Å². The molecule has 2 rings (SSSR count). The molecule has 12 nitrogen and oxygen atoms in total. The molecule has 10 N–H and O–H groups in total. The third-order valence-corrected chi connectivity index (χ3v) is 6.30. The highest BCUT2D eigenvalue weighted by molar-refractivity contribution is 7.80. The predicted molar refractivity (Wildman–Crippen MR) is 142 cm³/mol. The summed E-state index contributed by atoms with van der Waals surface area (Å²) in [5, 5.41) is 27.6. The maximum atomic E-state index is 13.1. The number of nitrogens with one attached hydrogen (secondary N) is 4. The Morgan fingerprint density at radius 3 is 2.24 bits per heavy atom. The number of carboxylic acid groups (broad SMARTS) is 1. The molecular weight excluding hydrogens is 500 g/mol. The van der Waals surface area contributed by atoms with Gasteiger partial charge in [0, 0.05) is 29.3 Å². The number of aromatic amines is 1. The van der Waals surface area contributed by atoms with Crippen LogP contribution in [-0.4, -0.2) is 81.5 Å². The molecule has 0 saturated carbocycles. The van der Waals surface area contributed by atoms with E-state index in [9.17, 15) is 29.4 Å². The van der Waals surface area contributed by atoms with Gasteiger partial charge < -0.3 is 42.6 Å². The van der Waals surface area contributed by atoms with Gasteiger partial charge >= 0.3 is 5.97 Å². The number of hydrogen-bond acceptors (Lipinski definition) is 8. The van der Waals surface area contributed by atoms with Gasteiger partial charge in [-0.05, 0) is 44.4 Å². The summed E-state index contributed by atoms with van der Waals surface area (Å²) in [6, 6.07) is 2.70. The van der Waals surface area contributed by atoms with Gasteiger partial charge in [-0.15, -0.1) is 0 Å². The van der Waals surface area contributed by atoms with Crippen LogP contribution in [-0.2, 0) is 25.6 Å². The lowest BCUT2D eigenvalue weighted by molar-refractivity contribution is -0.142. The molecule has 1 aromatic heterocycles. The number of carboxylic acids is 1. The third kappa shape index (κ3) is 8.74. The first-order chi connectivity index (χ1) is 17.6. The molecule has 2 aromatic rings. The molecule has 5 atom stereocenters. The number of aliphatic carboxylic acids is 1. The number of para-hydroxylation sites is 1. The van der Waals surface area contributed by atoms with Crippen LogP contribution in [0.3, 0.4) is 0 Å². The first-order valence-electron chi connectivity index (χ1n) is 12.0. The van der Waals surface area contributed by atoms with Crippen molar-refractivity contribution >= 4 is 47.2 Å². The number of rotatable bonds is 15. The number of aromatic nitrogens is 1. The minimum atomic E-state index is -1.25. The van der Waals surface area contributed by atoms with E-state index in [1.165, 1.54) is 6.92 Å². The van der Waals surface area contributed by atoms with E-state index in [4.69, 9.17) is 11.5 Å². The number of H-pyrrole nitrogens is 1. The van der Waals surface area contributed by atoms with Gasteiger partial charge in [-0.2, -0.15) is 12.6 Å². The van der Waals surface area contributed by atoms with Crippen molar-refractivity contribution in [2.24, 2.45) is 11.5 Å². The Hall–Kier alpha value is -3.13. The lowest BCUT2D eigenvalue weighted by Crippen LogP contribution is -2.58. The van der Waals surface area contributed by atoms with Crippen LogP contribution in [0.5, 0.6) is 0 Å². The molecule has 0 fully saturated rings. The standard InChI is InChI=1S/C24H36N6O6S/c1-13(31)20(26)23(34)30-19(12-37)22(33)28-17(8-4-5-9-25)21(32)29-18(24(35)36)10-14-11-27-16-7-3-2-6-15(14)16/h2-3,6-7,11,13,17-20,27,31,37H,4-5,8-10,12,25-26H2,1H3,(H,28,33)(H,29,32)(H,30,34)(H,35,36). The molecule has 0 aliphatic rings. The van der Waals surface area contributed by atoms with Gasteiger partial charge in [0.25, 0.3) is 0 Å². The second-order valence-corrected chi connectivity index (χ2v) is 9.18. The SMILES string of the molecule is CC(O)C(N)C(=O)NC(CS)C(=O)NC(CCCCN)C(=O)NC(Cc1c[nH]c2ccccc12)C(=O)O. The van der Waals surface area contributed by atoms with Gasteiger partial charge in [-0.1, -0.05) is 18.2 Å². The van der Waals surface area contributed by atoms with Crippen molar-refractivity contribution in [3.63, 3.8) is 0 Å². The molecular formula is C24H36N6O6S. The zero-order valence-electron chi connectivity index (χ0n) is 20.6. The Balaban J connectivity index is 2.13. The van der Waals surface area contributed by atoms with E-state index < -0.39 is 54.0 Å². The van der Waals surface area contributed by atoms with Gasteiger partial charge in [-0.25, -0.2) is 4.79 Å². The van der Waals surface area contributed by atoms with Crippen molar-refractivity contribution < 1.29 is 29.4 Å². The highest BCUT2D eigenvalue weighted by Gasteiger charge is 2.30. The molecule has 0 aliphatic heterocycles. The summed E-state index contributed by atoms with van der Waals surface area (Å²) < 4.78 is 0. The topological polar surface area (TPSA) is 213 Å². The number of benzene rings is 1. The first kappa shape index (κ1) is 30.1. The smallest absolute Gasteiger partial charge is 0.326 e. The number of amides is 3. The van der Waals surface area contributed by atoms with Crippen molar-refractivity contribution in [3.05, 3.63) is 36.0 Å². The van der Waals surface area contributed by atoms with Crippen molar-refractivity contribution in [2.45, 2.75) is 62.9 Å². The number of carbonyl (C=O) groups is 4. The van der Waals surface area contributed by atoms with Crippen LogP contribution < -0.4 is 27.4 Å². The fourth-order valence-corrected chi connectivity index (χ4v) is 3.96. The molecule has 1 aromatic carbocycles. The zero-order chi connectivity index (χ0) is 27.5. The Labute approximate surface area is 220 Å². The average molecular weight is 537 g/mol. The molecule has 3 amide bonds. The molecule has 1 heterocycles. The molecule has 0 aliphatic carbocycles. The van der Waals surface area contributed by atoms with Crippen LogP contribution in [0, 0.1) is 0 Å². The quantitative estimate of drug-likeness (QED) is 0.102. The van der Waals surface area contributed by atoms with Crippen molar-refractivity contribution in [1.82, 2.24) is 20.9 Å². The molecule has 204 valence electrons.